The third kappa shape index (κ3) is 6.02. The molecule has 1 aliphatic rings. The second kappa shape index (κ2) is 10.7. The molecule has 1 aliphatic carbocycles. The summed E-state index contributed by atoms with van der Waals surface area (Å²) in [6.45, 7) is 8.85. The lowest BCUT2D eigenvalue weighted by Crippen LogP contribution is -2.33. The molecule has 1 unspecified atom stereocenters. The molecule has 1 atom stereocenters. The minimum absolute atomic E-state index is 0.0803. The molecule has 2 heterocycles. The van der Waals surface area contributed by atoms with Crippen LogP contribution >= 0.6 is 0 Å². The fraction of sp³-hybridized carbons (Fsp3) is 0.414. The third-order valence-electron chi connectivity index (χ3n) is 6.70. The van der Waals surface area contributed by atoms with Gasteiger partial charge in [0.25, 0.3) is 5.91 Å². The molecule has 7 heteroatoms. The minimum Gasteiger partial charge on any atom is -0.355 e. The molecule has 0 spiro atoms. The largest absolute Gasteiger partial charge is 0.355 e. The molecule has 190 valence electrons. The summed E-state index contributed by atoms with van der Waals surface area (Å²) < 4.78 is 0. The first-order chi connectivity index (χ1) is 17.1. The van der Waals surface area contributed by atoms with Gasteiger partial charge in [0, 0.05) is 53.5 Å². The Balaban J connectivity index is 1.62. The highest BCUT2D eigenvalue weighted by molar-refractivity contribution is 6.00. The maximum Gasteiger partial charge on any atom is 0.254 e. The Morgan fingerprint density at radius 2 is 1.81 bits per heavy atom. The van der Waals surface area contributed by atoms with E-state index in [0.717, 1.165) is 29.9 Å². The summed E-state index contributed by atoms with van der Waals surface area (Å²) in [6.07, 6.45) is 6.77. The number of hydrogen-bond acceptors (Lipinski definition) is 6. The Morgan fingerprint density at radius 1 is 1.03 bits per heavy atom. The summed E-state index contributed by atoms with van der Waals surface area (Å²) >= 11 is 0. The molecule has 3 N–H and O–H groups in total. The maximum atomic E-state index is 12.8. The van der Waals surface area contributed by atoms with Crippen LogP contribution in [0.2, 0.25) is 0 Å². The van der Waals surface area contributed by atoms with E-state index in [1.54, 1.807) is 12.4 Å². The van der Waals surface area contributed by atoms with Gasteiger partial charge in [0.15, 0.2) is 0 Å². The zero-order chi connectivity index (χ0) is 25.9. The van der Waals surface area contributed by atoms with Gasteiger partial charge in [0.2, 0.25) is 0 Å². The molecule has 4 rings (SSSR count). The van der Waals surface area contributed by atoms with Crippen LogP contribution in [-0.4, -0.2) is 47.5 Å². The zero-order valence-electron chi connectivity index (χ0n) is 22.3. The van der Waals surface area contributed by atoms with E-state index in [0.29, 0.717) is 29.7 Å². The van der Waals surface area contributed by atoms with Gasteiger partial charge in [0.1, 0.15) is 5.82 Å². The van der Waals surface area contributed by atoms with Crippen molar-refractivity contribution in [1.29, 1.82) is 0 Å². The molecule has 0 aliphatic heterocycles. The van der Waals surface area contributed by atoms with Gasteiger partial charge in [-0.3, -0.25) is 9.78 Å². The standard InChI is InChI=1S/C29H38N6O/c1-7-30-28(36)24-18-32-27(17-25(24)33-22-12-13-31-26(16-22)29(2,3)4)34-21-10-8-19-9-11-23(35(5)6)15-20(19)14-21/h8,10,12-14,16-18,23H,7,9,11,15H2,1-6H3,(H,30,36)(H2,31,32,33,34). The van der Waals surface area contributed by atoms with Gasteiger partial charge in [-0.1, -0.05) is 26.8 Å². The van der Waals surface area contributed by atoms with E-state index < -0.39 is 0 Å². The van der Waals surface area contributed by atoms with Crippen LogP contribution in [0.4, 0.5) is 22.9 Å². The number of nitrogens with one attached hydrogen (secondary N) is 3. The highest BCUT2D eigenvalue weighted by Crippen LogP contribution is 2.30. The van der Waals surface area contributed by atoms with Crippen molar-refractivity contribution in [3.05, 3.63) is 71.2 Å². The van der Waals surface area contributed by atoms with E-state index in [-0.39, 0.29) is 11.3 Å². The first kappa shape index (κ1) is 25.6. The number of fused-ring (bicyclic) bond motifs is 1. The Hall–Kier alpha value is -3.45. The number of aryl methyl sites for hydroxylation is 1. The normalized spacial score (nSPS) is 15.4. The number of benzene rings is 1. The predicted molar refractivity (Wildman–Crippen MR) is 148 cm³/mol. The van der Waals surface area contributed by atoms with Crippen LogP contribution in [0.3, 0.4) is 0 Å². The van der Waals surface area contributed by atoms with Crippen molar-refractivity contribution in [3.63, 3.8) is 0 Å². The van der Waals surface area contributed by atoms with Crippen molar-refractivity contribution in [2.75, 3.05) is 31.3 Å². The minimum atomic E-state index is -0.160. The van der Waals surface area contributed by atoms with Crippen LogP contribution in [-0.2, 0) is 18.3 Å². The molecule has 2 aromatic heterocycles. The van der Waals surface area contributed by atoms with E-state index in [4.69, 9.17) is 0 Å². The predicted octanol–water partition coefficient (Wildman–Crippen LogP) is 5.43. The van der Waals surface area contributed by atoms with Crippen LogP contribution in [0.1, 0.15) is 61.3 Å². The second-order valence-corrected chi connectivity index (χ2v) is 10.7. The molecule has 0 bridgehead atoms. The molecule has 1 amide bonds. The van der Waals surface area contributed by atoms with Gasteiger partial charge >= 0.3 is 0 Å². The lowest BCUT2D eigenvalue weighted by Gasteiger charge is -2.30. The molecule has 1 aromatic carbocycles. The first-order valence-corrected chi connectivity index (χ1v) is 12.7. The summed E-state index contributed by atoms with van der Waals surface area (Å²) in [4.78, 5) is 24.2. The lowest BCUT2D eigenvalue weighted by atomic mass is 9.87. The number of nitrogens with zero attached hydrogens (tertiary/aromatic N) is 3. The summed E-state index contributed by atoms with van der Waals surface area (Å²) in [7, 11) is 4.30. The average molecular weight is 487 g/mol. The van der Waals surface area contributed by atoms with Gasteiger partial charge in [0.05, 0.1) is 11.3 Å². The van der Waals surface area contributed by atoms with Crippen molar-refractivity contribution < 1.29 is 4.79 Å². The number of rotatable bonds is 7. The van der Waals surface area contributed by atoms with Crippen molar-refractivity contribution in [2.24, 2.45) is 0 Å². The number of carbonyl (C=O) groups is 1. The Labute approximate surface area is 214 Å². The van der Waals surface area contributed by atoms with Crippen LogP contribution in [0.25, 0.3) is 0 Å². The van der Waals surface area contributed by atoms with E-state index in [2.05, 4.69) is 83.9 Å². The average Bonchev–Trinajstić information content (AvgIpc) is 2.83. The van der Waals surface area contributed by atoms with E-state index >= 15 is 0 Å². The number of pyridine rings is 2. The van der Waals surface area contributed by atoms with Gasteiger partial charge in [-0.2, -0.15) is 0 Å². The number of carbonyl (C=O) groups excluding carboxylic acids is 1. The number of hydrogen-bond donors (Lipinski definition) is 3. The number of amides is 1. The molecule has 0 saturated carbocycles. The number of aromatic nitrogens is 2. The van der Waals surface area contributed by atoms with E-state index in [1.165, 1.54) is 17.5 Å². The first-order valence-electron chi connectivity index (χ1n) is 12.7. The Bertz CT molecular complexity index is 1230. The quantitative estimate of drug-likeness (QED) is 0.413. The summed E-state index contributed by atoms with van der Waals surface area (Å²) in [5.41, 5.74) is 6.76. The molecule has 36 heavy (non-hydrogen) atoms. The molecular formula is C29H38N6O. The van der Waals surface area contributed by atoms with Crippen molar-refractivity contribution in [2.45, 2.75) is 58.4 Å². The Kier molecular flexibility index (Phi) is 7.59. The monoisotopic (exact) mass is 486 g/mol. The number of anilines is 4. The highest BCUT2D eigenvalue weighted by atomic mass is 16.1. The van der Waals surface area contributed by atoms with Crippen LogP contribution in [0.5, 0.6) is 0 Å². The molecule has 3 aromatic rings. The van der Waals surface area contributed by atoms with Crippen LogP contribution < -0.4 is 16.0 Å². The summed E-state index contributed by atoms with van der Waals surface area (Å²) in [6, 6.07) is 13.0. The van der Waals surface area contributed by atoms with E-state index in [1.807, 2.05) is 25.1 Å². The topological polar surface area (TPSA) is 82.2 Å². The molecule has 0 radical (unpaired) electrons. The van der Waals surface area contributed by atoms with Gasteiger partial charge in [-0.25, -0.2) is 4.98 Å². The fourth-order valence-electron chi connectivity index (χ4n) is 4.54. The molecular weight excluding hydrogens is 448 g/mol. The Morgan fingerprint density at radius 3 is 2.53 bits per heavy atom. The lowest BCUT2D eigenvalue weighted by molar-refractivity contribution is 0.0956. The summed E-state index contributed by atoms with van der Waals surface area (Å²) in [5.74, 6) is 0.517. The van der Waals surface area contributed by atoms with Crippen molar-refractivity contribution in [3.8, 4) is 0 Å². The SMILES string of the molecule is CCNC(=O)c1cnc(Nc2ccc3c(c2)CC(N(C)C)CC3)cc1Nc1ccnc(C(C)(C)C)c1. The van der Waals surface area contributed by atoms with Gasteiger partial charge in [-0.15, -0.1) is 0 Å². The van der Waals surface area contributed by atoms with Crippen molar-refractivity contribution in [1.82, 2.24) is 20.2 Å². The second-order valence-electron chi connectivity index (χ2n) is 10.7. The maximum absolute atomic E-state index is 12.8. The number of likely N-dealkylation sites (N-methyl/N-ethyl adjacent to an activating group) is 1. The smallest absolute Gasteiger partial charge is 0.254 e. The van der Waals surface area contributed by atoms with E-state index in [9.17, 15) is 4.79 Å². The molecule has 7 nitrogen and oxygen atoms in total. The highest BCUT2D eigenvalue weighted by Gasteiger charge is 2.21. The van der Waals surface area contributed by atoms with Gasteiger partial charge < -0.3 is 20.9 Å². The summed E-state index contributed by atoms with van der Waals surface area (Å²) in [5, 5.41) is 9.77. The molecule has 0 fully saturated rings. The van der Waals surface area contributed by atoms with Crippen molar-refractivity contribution >= 4 is 28.8 Å². The van der Waals surface area contributed by atoms with Gasteiger partial charge in [-0.05, 0) is 75.7 Å². The zero-order valence-corrected chi connectivity index (χ0v) is 22.3. The van der Waals surface area contributed by atoms with Crippen LogP contribution in [0.15, 0.2) is 48.8 Å². The fourth-order valence-corrected chi connectivity index (χ4v) is 4.54. The third-order valence-corrected chi connectivity index (χ3v) is 6.70. The molecule has 0 saturated heterocycles. The van der Waals surface area contributed by atoms with Crippen LogP contribution in [0, 0.1) is 0 Å².